The van der Waals surface area contributed by atoms with Crippen LogP contribution in [-0.2, 0) is 9.53 Å². The molecule has 0 aliphatic carbocycles. The SMILES string of the molecule is CC(C)C(=O)CN(C)CCOCCN(C)C(C)C. The number of nitrogens with zero attached hydrogens (tertiary/aromatic N) is 2. The Balaban J connectivity index is 3.52. The van der Waals surface area contributed by atoms with Gasteiger partial charge in [-0.3, -0.25) is 9.69 Å². The van der Waals surface area contributed by atoms with Gasteiger partial charge in [-0.1, -0.05) is 13.8 Å². The Morgan fingerprint density at radius 3 is 2.11 bits per heavy atom. The van der Waals surface area contributed by atoms with Crippen molar-refractivity contribution in [1.29, 1.82) is 0 Å². The van der Waals surface area contributed by atoms with E-state index in [1.54, 1.807) is 0 Å². The topological polar surface area (TPSA) is 32.8 Å². The van der Waals surface area contributed by atoms with Crippen LogP contribution in [0.5, 0.6) is 0 Å². The smallest absolute Gasteiger partial charge is 0.149 e. The predicted octanol–water partition coefficient (Wildman–Crippen LogP) is 1.50. The van der Waals surface area contributed by atoms with Gasteiger partial charge in [-0.15, -0.1) is 0 Å². The Hall–Kier alpha value is -0.450. The summed E-state index contributed by atoms with van der Waals surface area (Å²) in [6.45, 7) is 11.9. The van der Waals surface area contributed by atoms with Crippen molar-refractivity contribution < 1.29 is 9.53 Å². The van der Waals surface area contributed by atoms with Crippen LogP contribution < -0.4 is 0 Å². The van der Waals surface area contributed by atoms with E-state index in [0.29, 0.717) is 19.2 Å². The molecule has 0 bridgehead atoms. The Bertz CT molecular complexity index is 230. The van der Waals surface area contributed by atoms with Crippen LogP contribution in [0.25, 0.3) is 0 Å². The fraction of sp³-hybridized carbons (Fsp3) is 0.929. The highest BCUT2D eigenvalue weighted by Gasteiger charge is 2.10. The van der Waals surface area contributed by atoms with Gasteiger partial charge in [-0.25, -0.2) is 0 Å². The molecule has 0 spiro atoms. The van der Waals surface area contributed by atoms with Crippen LogP contribution in [0.2, 0.25) is 0 Å². The van der Waals surface area contributed by atoms with E-state index >= 15 is 0 Å². The molecule has 0 aromatic carbocycles. The minimum atomic E-state index is 0.119. The lowest BCUT2D eigenvalue weighted by Crippen LogP contribution is -2.33. The van der Waals surface area contributed by atoms with Crippen molar-refractivity contribution in [2.24, 2.45) is 5.92 Å². The molecule has 18 heavy (non-hydrogen) atoms. The highest BCUT2D eigenvalue weighted by molar-refractivity contribution is 5.82. The maximum Gasteiger partial charge on any atom is 0.149 e. The average molecular weight is 258 g/mol. The molecule has 108 valence electrons. The number of likely N-dealkylation sites (N-methyl/N-ethyl adjacent to an activating group) is 2. The number of ketones is 1. The molecule has 0 aliphatic rings. The van der Waals surface area contributed by atoms with Gasteiger partial charge in [-0.05, 0) is 27.9 Å². The first kappa shape index (κ1) is 17.6. The van der Waals surface area contributed by atoms with Gasteiger partial charge < -0.3 is 9.64 Å². The molecule has 0 saturated heterocycles. The summed E-state index contributed by atoms with van der Waals surface area (Å²) in [5.41, 5.74) is 0. The Morgan fingerprint density at radius 2 is 1.61 bits per heavy atom. The fourth-order valence-corrected chi connectivity index (χ4v) is 1.32. The molecule has 0 amide bonds. The van der Waals surface area contributed by atoms with Gasteiger partial charge in [-0.2, -0.15) is 0 Å². The number of rotatable bonds is 10. The Kier molecular flexibility index (Phi) is 9.24. The van der Waals surface area contributed by atoms with E-state index in [4.69, 9.17) is 4.74 Å². The van der Waals surface area contributed by atoms with E-state index in [1.165, 1.54) is 0 Å². The monoisotopic (exact) mass is 258 g/mol. The molecule has 4 nitrogen and oxygen atoms in total. The van der Waals surface area contributed by atoms with Crippen LogP contribution >= 0.6 is 0 Å². The molecular formula is C14H30N2O2. The zero-order chi connectivity index (χ0) is 14.1. The summed E-state index contributed by atoms with van der Waals surface area (Å²) in [5.74, 6) is 0.408. The molecule has 0 fully saturated rings. The summed E-state index contributed by atoms with van der Waals surface area (Å²) >= 11 is 0. The van der Waals surface area contributed by atoms with Crippen molar-refractivity contribution in [3.63, 3.8) is 0 Å². The molecule has 0 aliphatic heterocycles. The van der Waals surface area contributed by atoms with Crippen LogP contribution in [0.3, 0.4) is 0 Å². The van der Waals surface area contributed by atoms with Crippen molar-refractivity contribution in [3.8, 4) is 0 Å². The van der Waals surface area contributed by atoms with Gasteiger partial charge in [0.2, 0.25) is 0 Å². The van der Waals surface area contributed by atoms with Gasteiger partial charge in [0.15, 0.2) is 0 Å². The maximum absolute atomic E-state index is 11.5. The summed E-state index contributed by atoms with van der Waals surface area (Å²) < 4.78 is 5.57. The Labute approximate surface area is 112 Å². The largest absolute Gasteiger partial charge is 0.379 e. The van der Waals surface area contributed by atoms with Crippen molar-refractivity contribution in [3.05, 3.63) is 0 Å². The van der Waals surface area contributed by atoms with Crippen molar-refractivity contribution in [2.75, 3.05) is 46.9 Å². The molecule has 0 radical (unpaired) electrons. The molecule has 0 N–H and O–H groups in total. The zero-order valence-electron chi connectivity index (χ0n) is 12.9. The lowest BCUT2D eigenvalue weighted by Gasteiger charge is -2.21. The average Bonchev–Trinajstić information content (AvgIpc) is 2.27. The third-order valence-corrected chi connectivity index (χ3v) is 3.16. The molecule has 0 aromatic heterocycles. The molecule has 0 unspecified atom stereocenters. The summed E-state index contributed by atoms with van der Waals surface area (Å²) in [6.07, 6.45) is 0. The number of carbonyl (C=O) groups is 1. The van der Waals surface area contributed by atoms with Crippen LogP contribution in [0.4, 0.5) is 0 Å². The maximum atomic E-state index is 11.5. The number of ether oxygens (including phenoxy) is 1. The van der Waals surface area contributed by atoms with E-state index in [9.17, 15) is 4.79 Å². The molecule has 4 heteroatoms. The molecule has 0 atom stereocenters. The quantitative estimate of drug-likeness (QED) is 0.556. The second-order valence-corrected chi connectivity index (χ2v) is 5.55. The van der Waals surface area contributed by atoms with E-state index in [2.05, 4.69) is 25.8 Å². The van der Waals surface area contributed by atoms with Crippen molar-refractivity contribution in [1.82, 2.24) is 9.80 Å². The number of hydrogen-bond donors (Lipinski definition) is 0. The van der Waals surface area contributed by atoms with Gasteiger partial charge in [0.25, 0.3) is 0 Å². The number of hydrogen-bond acceptors (Lipinski definition) is 4. The van der Waals surface area contributed by atoms with Gasteiger partial charge in [0.05, 0.1) is 19.8 Å². The summed E-state index contributed by atoms with van der Waals surface area (Å²) in [4.78, 5) is 15.8. The highest BCUT2D eigenvalue weighted by atomic mass is 16.5. The van der Waals surface area contributed by atoms with Gasteiger partial charge in [0, 0.05) is 25.0 Å². The molecule has 0 heterocycles. The zero-order valence-corrected chi connectivity index (χ0v) is 12.9. The third-order valence-electron chi connectivity index (χ3n) is 3.16. The second-order valence-electron chi connectivity index (χ2n) is 5.55. The molecule has 0 saturated carbocycles. The minimum Gasteiger partial charge on any atom is -0.379 e. The third kappa shape index (κ3) is 8.61. The van der Waals surface area contributed by atoms with Crippen molar-refractivity contribution >= 4 is 5.78 Å². The number of carbonyl (C=O) groups excluding carboxylic acids is 1. The number of Topliss-reactive ketones (excluding diaryl/α,β-unsaturated/α-hetero) is 1. The first-order chi connectivity index (χ1) is 8.34. The standard InChI is InChI=1S/C14H30N2O2/c1-12(2)14(17)11-15(5)7-9-18-10-8-16(6)13(3)4/h12-13H,7-11H2,1-6H3. The Morgan fingerprint density at radius 1 is 1.06 bits per heavy atom. The van der Waals surface area contributed by atoms with Gasteiger partial charge in [0.1, 0.15) is 5.78 Å². The first-order valence-electron chi connectivity index (χ1n) is 6.83. The fourth-order valence-electron chi connectivity index (χ4n) is 1.32. The van der Waals surface area contributed by atoms with Gasteiger partial charge >= 0.3 is 0 Å². The van der Waals surface area contributed by atoms with E-state index in [0.717, 1.165) is 19.7 Å². The van der Waals surface area contributed by atoms with Crippen LogP contribution in [0.1, 0.15) is 27.7 Å². The van der Waals surface area contributed by atoms with Crippen LogP contribution in [0, 0.1) is 5.92 Å². The second kappa shape index (κ2) is 9.48. The molecule has 0 aromatic rings. The van der Waals surface area contributed by atoms with Crippen LogP contribution in [-0.4, -0.2) is 68.6 Å². The molecule has 0 rings (SSSR count). The predicted molar refractivity (Wildman–Crippen MR) is 75.9 cm³/mol. The summed E-state index contributed by atoms with van der Waals surface area (Å²) in [7, 11) is 4.06. The molecular weight excluding hydrogens is 228 g/mol. The summed E-state index contributed by atoms with van der Waals surface area (Å²) in [5, 5.41) is 0. The van der Waals surface area contributed by atoms with E-state index < -0.39 is 0 Å². The summed E-state index contributed by atoms with van der Waals surface area (Å²) in [6, 6.07) is 0.555. The van der Waals surface area contributed by atoms with Crippen molar-refractivity contribution in [2.45, 2.75) is 33.7 Å². The first-order valence-corrected chi connectivity index (χ1v) is 6.83. The lowest BCUT2D eigenvalue weighted by atomic mass is 10.1. The lowest BCUT2D eigenvalue weighted by molar-refractivity contribution is -0.122. The normalized spacial score (nSPS) is 12.1. The van der Waals surface area contributed by atoms with E-state index in [1.807, 2.05) is 25.8 Å². The minimum absolute atomic E-state index is 0.119. The van der Waals surface area contributed by atoms with E-state index in [-0.39, 0.29) is 11.7 Å². The van der Waals surface area contributed by atoms with Crippen LogP contribution in [0.15, 0.2) is 0 Å². The highest BCUT2D eigenvalue weighted by Crippen LogP contribution is 1.96.